The van der Waals surface area contributed by atoms with Crippen LogP contribution >= 0.6 is 0 Å². The zero-order valence-corrected chi connectivity index (χ0v) is 10.4. The standard InChI is InChI=1S/C12H17N3O3/c1-8-3-4-9(7-10(8)16)12(17)15(2)6-5-11(13)14-18/h3-4,7,16,18H,5-6H2,1-2H3,(H2,13,14). The van der Waals surface area contributed by atoms with Crippen LogP contribution in [0.3, 0.4) is 0 Å². The van der Waals surface area contributed by atoms with Gasteiger partial charge in [0, 0.05) is 25.6 Å². The lowest BCUT2D eigenvalue weighted by atomic mass is 10.1. The number of rotatable bonds is 4. The number of carbonyl (C=O) groups excluding carboxylic acids is 1. The lowest BCUT2D eigenvalue weighted by Gasteiger charge is -2.17. The molecule has 0 radical (unpaired) electrons. The van der Waals surface area contributed by atoms with Gasteiger partial charge >= 0.3 is 0 Å². The van der Waals surface area contributed by atoms with Gasteiger partial charge in [-0.3, -0.25) is 4.79 Å². The van der Waals surface area contributed by atoms with Gasteiger partial charge in [-0.25, -0.2) is 0 Å². The first-order chi connectivity index (χ1) is 8.45. The van der Waals surface area contributed by atoms with Crippen molar-refractivity contribution in [1.29, 1.82) is 0 Å². The Morgan fingerprint density at radius 1 is 1.50 bits per heavy atom. The number of nitrogens with zero attached hydrogens (tertiary/aromatic N) is 2. The van der Waals surface area contributed by atoms with E-state index in [0.29, 0.717) is 17.7 Å². The quantitative estimate of drug-likeness (QED) is 0.320. The van der Waals surface area contributed by atoms with E-state index in [1.807, 2.05) is 0 Å². The number of phenolic OH excluding ortho intramolecular Hbond substituents is 1. The molecule has 98 valence electrons. The van der Waals surface area contributed by atoms with Crippen molar-refractivity contribution in [2.45, 2.75) is 13.3 Å². The Balaban J connectivity index is 2.71. The first-order valence-electron chi connectivity index (χ1n) is 5.47. The van der Waals surface area contributed by atoms with Gasteiger partial charge in [0.05, 0.1) is 0 Å². The maximum Gasteiger partial charge on any atom is 0.253 e. The normalized spacial score (nSPS) is 11.3. The van der Waals surface area contributed by atoms with Gasteiger partial charge in [0.2, 0.25) is 0 Å². The van der Waals surface area contributed by atoms with Crippen LogP contribution in [0, 0.1) is 6.92 Å². The molecule has 0 saturated heterocycles. The summed E-state index contributed by atoms with van der Waals surface area (Å²) in [5.41, 5.74) is 6.44. The zero-order valence-electron chi connectivity index (χ0n) is 10.4. The molecule has 0 bridgehead atoms. The van der Waals surface area contributed by atoms with Crippen LogP contribution in [0.2, 0.25) is 0 Å². The van der Waals surface area contributed by atoms with E-state index in [2.05, 4.69) is 5.16 Å². The third-order valence-electron chi connectivity index (χ3n) is 2.63. The van der Waals surface area contributed by atoms with Gasteiger partial charge in [-0.1, -0.05) is 11.2 Å². The number of phenols is 1. The number of carbonyl (C=O) groups is 1. The third kappa shape index (κ3) is 3.38. The van der Waals surface area contributed by atoms with E-state index in [-0.39, 0.29) is 23.9 Å². The van der Waals surface area contributed by atoms with Gasteiger partial charge in [-0.05, 0) is 24.6 Å². The number of amidine groups is 1. The van der Waals surface area contributed by atoms with Gasteiger partial charge in [0.25, 0.3) is 5.91 Å². The molecule has 1 aromatic carbocycles. The van der Waals surface area contributed by atoms with Crippen LogP contribution in [-0.2, 0) is 0 Å². The van der Waals surface area contributed by atoms with Gasteiger partial charge in [-0.15, -0.1) is 0 Å². The summed E-state index contributed by atoms with van der Waals surface area (Å²) in [7, 11) is 1.61. The van der Waals surface area contributed by atoms with Crippen molar-refractivity contribution in [2.24, 2.45) is 10.9 Å². The fraction of sp³-hybridized carbons (Fsp3) is 0.333. The van der Waals surface area contributed by atoms with Crippen LogP contribution < -0.4 is 5.73 Å². The molecule has 1 amide bonds. The van der Waals surface area contributed by atoms with Crippen LogP contribution in [0.1, 0.15) is 22.3 Å². The van der Waals surface area contributed by atoms with Crippen molar-refractivity contribution in [3.05, 3.63) is 29.3 Å². The van der Waals surface area contributed by atoms with Crippen molar-refractivity contribution >= 4 is 11.7 Å². The van der Waals surface area contributed by atoms with Crippen molar-refractivity contribution in [3.63, 3.8) is 0 Å². The summed E-state index contributed by atoms with van der Waals surface area (Å²) in [6.45, 7) is 2.09. The highest BCUT2D eigenvalue weighted by atomic mass is 16.4. The van der Waals surface area contributed by atoms with E-state index in [0.717, 1.165) is 0 Å². The smallest absolute Gasteiger partial charge is 0.253 e. The predicted octanol–water partition coefficient (Wildman–Crippen LogP) is 0.909. The van der Waals surface area contributed by atoms with Gasteiger partial charge in [0.1, 0.15) is 11.6 Å². The Kier molecular flexibility index (Phi) is 4.53. The molecule has 0 saturated carbocycles. The molecule has 18 heavy (non-hydrogen) atoms. The fourth-order valence-corrected chi connectivity index (χ4v) is 1.40. The Bertz CT molecular complexity index is 472. The average Bonchev–Trinajstić information content (AvgIpc) is 2.37. The fourth-order valence-electron chi connectivity index (χ4n) is 1.40. The van der Waals surface area contributed by atoms with Crippen molar-refractivity contribution in [3.8, 4) is 5.75 Å². The monoisotopic (exact) mass is 251 g/mol. The molecular weight excluding hydrogens is 234 g/mol. The highest BCUT2D eigenvalue weighted by Gasteiger charge is 2.13. The number of amides is 1. The molecule has 6 heteroatoms. The lowest BCUT2D eigenvalue weighted by molar-refractivity contribution is 0.0798. The van der Waals surface area contributed by atoms with Gasteiger partial charge in [0.15, 0.2) is 0 Å². The first-order valence-corrected chi connectivity index (χ1v) is 5.47. The molecule has 0 fully saturated rings. The number of oxime groups is 1. The molecular formula is C12H17N3O3. The Morgan fingerprint density at radius 3 is 2.72 bits per heavy atom. The topological polar surface area (TPSA) is 99.2 Å². The second kappa shape index (κ2) is 5.90. The second-order valence-corrected chi connectivity index (χ2v) is 4.07. The van der Waals surface area contributed by atoms with E-state index in [9.17, 15) is 9.90 Å². The summed E-state index contributed by atoms with van der Waals surface area (Å²) >= 11 is 0. The van der Waals surface area contributed by atoms with Gasteiger partial charge < -0.3 is 20.9 Å². The van der Waals surface area contributed by atoms with Gasteiger partial charge in [-0.2, -0.15) is 0 Å². The molecule has 0 aliphatic rings. The van der Waals surface area contributed by atoms with Crippen LogP contribution in [0.15, 0.2) is 23.4 Å². The SMILES string of the molecule is Cc1ccc(C(=O)N(C)CC/C(N)=N/O)cc1O. The van der Waals surface area contributed by atoms with Crippen LogP contribution in [0.4, 0.5) is 0 Å². The summed E-state index contributed by atoms with van der Waals surface area (Å²) in [6.07, 6.45) is 0.288. The number of nitrogens with two attached hydrogens (primary N) is 1. The largest absolute Gasteiger partial charge is 0.508 e. The minimum atomic E-state index is -0.226. The lowest BCUT2D eigenvalue weighted by Crippen LogP contribution is -2.30. The molecule has 4 N–H and O–H groups in total. The Labute approximate surface area is 105 Å². The van der Waals surface area contributed by atoms with Crippen molar-refractivity contribution in [1.82, 2.24) is 4.90 Å². The average molecular weight is 251 g/mol. The molecule has 0 heterocycles. The van der Waals surface area contributed by atoms with E-state index < -0.39 is 0 Å². The molecule has 6 nitrogen and oxygen atoms in total. The molecule has 0 atom stereocenters. The Hall–Kier alpha value is -2.24. The summed E-state index contributed by atoms with van der Waals surface area (Å²) in [6, 6.07) is 4.76. The van der Waals surface area contributed by atoms with Crippen molar-refractivity contribution < 1.29 is 15.1 Å². The van der Waals surface area contributed by atoms with E-state index in [4.69, 9.17) is 10.9 Å². The van der Waals surface area contributed by atoms with Crippen LogP contribution in [0.5, 0.6) is 5.75 Å². The maximum atomic E-state index is 12.0. The summed E-state index contributed by atoms with van der Waals surface area (Å²) in [5, 5.41) is 20.8. The Morgan fingerprint density at radius 2 is 2.17 bits per heavy atom. The van der Waals surface area contributed by atoms with E-state index in [1.54, 1.807) is 26.1 Å². The van der Waals surface area contributed by atoms with E-state index in [1.165, 1.54) is 11.0 Å². The number of aromatic hydroxyl groups is 1. The molecule has 0 unspecified atom stereocenters. The maximum absolute atomic E-state index is 12.0. The van der Waals surface area contributed by atoms with Crippen LogP contribution in [0.25, 0.3) is 0 Å². The predicted molar refractivity (Wildman–Crippen MR) is 67.8 cm³/mol. The molecule has 0 spiro atoms. The first kappa shape index (κ1) is 13.8. The molecule has 1 aromatic rings. The third-order valence-corrected chi connectivity index (χ3v) is 2.63. The minimum Gasteiger partial charge on any atom is -0.508 e. The number of aryl methyl sites for hydroxylation is 1. The number of hydrogen-bond acceptors (Lipinski definition) is 4. The van der Waals surface area contributed by atoms with Crippen molar-refractivity contribution in [2.75, 3.05) is 13.6 Å². The number of hydrogen-bond donors (Lipinski definition) is 3. The van der Waals surface area contributed by atoms with E-state index >= 15 is 0 Å². The highest BCUT2D eigenvalue weighted by Crippen LogP contribution is 2.18. The summed E-state index contributed by atoms with van der Waals surface area (Å²) < 4.78 is 0. The zero-order chi connectivity index (χ0) is 13.7. The minimum absolute atomic E-state index is 0.0707. The highest BCUT2D eigenvalue weighted by molar-refractivity contribution is 5.94. The second-order valence-electron chi connectivity index (χ2n) is 4.07. The number of benzene rings is 1. The molecule has 0 aromatic heterocycles. The molecule has 0 aliphatic heterocycles. The summed E-state index contributed by atoms with van der Waals surface area (Å²) in [4.78, 5) is 13.4. The molecule has 1 rings (SSSR count). The van der Waals surface area contributed by atoms with Crippen LogP contribution in [-0.4, -0.2) is 40.5 Å². The summed E-state index contributed by atoms with van der Waals surface area (Å²) in [5.74, 6) is -0.0665. The molecule has 0 aliphatic carbocycles.